The lowest BCUT2D eigenvalue weighted by molar-refractivity contribution is 0.392. The third-order valence-corrected chi connectivity index (χ3v) is 21.8. The van der Waals surface area contributed by atoms with Crippen LogP contribution in [0.25, 0.3) is 0 Å². The third kappa shape index (κ3) is 9.32. The van der Waals surface area contributed by atoms with Gasteiger partial charge in [0, 0.05) is 44.6 Å². The van der Waals surface area contributed by atoms with Gasteiger partial charge in [-0.15, -0.1) is 0 Å². The maximum absolute atomic E-state index is 15.9. The van der Waals surface area contributed by atoms with Crippen LogP contribution in [0.4, 0.5) is 0 Å². The maximum Gasteiger partial charge on any atom is 0.244 e. The average molecular weight is 1000 g/mol. The molecule has 0 saturated carbocycles. The standard InChI is InChI=1S/C57H83N3O6S3/c1-30(2)39-19-42(33(7)8)54(43(20-39)34(9)10)67(61,62)57-53-48(25-58-57)49-26-59(68(63,64)55-44(35(11)12)21-40(31(3)4)22-45(55)36(13)14)27-50(49)51-28-60(29-52(51)53)69(65,66)56-46(37(15)16)23-41(32(5)6)24-47(56)38(17)18/h19-24,30-38,52-53,57-58H,25-29H2,1-18H3/t52-,53-,57?/m0/s1. The van der Waals surface area contributed by atoms with Crippen molar-refractivity contribution in [3.63, 3.8) is 0 Å². The SMILES string of the molecule is CC(C)c1cc(C(C)C)c(S(=O)(=O)C2NCC3=C4CN(S(=O)(=O)c5c(C(C)C)cc(C(C)C)cc5C(C)C)CC4=C4CN(S(=O)(=O)c5c(C(C)C)cc(C(C)C)cc5C(C)C)C[C@@H]4[C@H]32)c(C(C)C)c1. The molecule has 3 atom stereocenters. The molecule has 7 rings (SSSR count). The number of nitrogens with one attached hydrogen (secondary N) is 1. The molecule has 3 heterocycles. The summed E-state index contributed by atoms with van der Waals surface area (Å²) in [5, 5.41) is 2.47. The summed E-state index contributed by atoms with van der Waals surface area (Å²) >= 11 is 0. The highest BCUT2D eigenvalue weighted by atomic mass is 32.2. The summed E-state index contributed by atoms with van der Waals surface area (Å²) in [6.07, 6.45) is 0. The van der Waals surface area contributed by atoms with E-state index in [9.17, 15) is 0 Å². The van der Waals surface area contributed by atoms with Gasteiger partial charge in [0.15, 0.2) is 9.84 Å². The molecule has 380 valence electrons. The summed E-state index contributed by atoms with van der Waals surface area (Å²) in [5.41, 5.74) is 11.5. The van der Waals surface area contributed by atoms with Gasteiger partial charge in [-0.2, -0.15) is 8.61 Å². The summed E-state index contributed by atoms with van der Waals surface area (Å²) in [6, 6.07) is 12.4. The Morgan fingerprint density at radius 3 is 1.07 bits per heavy atom. The first-order chi connectivity index (χ1) is 31.9. The van der Waals surface area contributed by atoms with Gasteiger partial charge in [0.2, 0.25) is 20.0 Å². The van der Waals surface area contributed by atoms with Crippen LogP contribution in [0.5, 0.6) is 0 Å². The summed E-state index contributed by atoms with van der Waals surface area (Å²) in [4.78, 5) is 1.08. The highest BCUT2D eigenvalue weighted by Crippen LogP contribution is 2.53. The number of sulfonamides is 2. The minimum absolute atomic E-state index is 0.0607. The smallest absolute Gasteiger partial charge is 0.244 e. The van der Waals surface area contributed by atoms with Crippen LogP contribution in [0.15, 0.2) is 73.4 Å². The maximum atomic E-state index is 15.9. The first-order valence-electron chi connectivity index (χ1n) is 25.9. The van der Waals surface area contributed by atoms with E-state index in [0.29, 0.717) is 14.7 Å². The molecule has 3 saturated heterocycles. The first-order valence-corrected chi connectivity index (χ1v) is 30.3. The molecular formula is C57H83N3O6S3. The molecule has 1 unspecified atom stereocenters. The van der Waals surface area contributed by atoms with E-state index in [1.165, 1.54) is 0 Å². The van der Waals surface area contributed by atoms with E-state index in [1.807, 2.05) is 55.4 Å². The lowest BCUT2D eigenvalue weighted by atomic mass is 9.75. The average Bonchev–Trinajstić information content (AvgIpc) is 4.03. The van der Waals surface area contributed by atoms with Crippen LogP contribution in [0, 0.1) is 11.8 Å². The predicted octanol–water partition coefficient (Wildman–Crippen LogP) is 12.7. The van der Waals surface area contributed by atoms with E-state index in [0.717, 1.165) is 72.4 Å². The van der Waals surface area contributed by atoms with Gasteiger partial charge >= 0.3 is 0 Å². The first kappa shape index (κ1) is 53.7. The second-order valence-electron chi connectivity index (χ2n) is 23.5. The van der Waals surface area contributed by atoms with Gasteiger partial charge in [-0.25, -0.2) is 25.3 Å². The summed E-state index contributed by atoms with van der Waals surface area (Å²) < 4.78 is 97.3. The number of nitrogens with zero attached hydrogens (tertiary/aromatic N) is 2. The number of hydrogen-bond acceptors (Lipinski definition) is 7. The zero-order valence-corrected chi connectivity index (χ0v) is 47.4. The molecule has 0 radical (unpaired) electrons. The molecule has 4 aliphatic rings. The molecule has 1 N–H and O–H groups in total. The Morgan fingerprint density at radius 1 is 0.420 bits per heavy atom. The number of fused-ring (bicyclic) bond motifs is 4. The van der Waals surface area contributed by atoms with Crippen LogP contribution in [-0.4, -0.2) is 72.0 Å². The molecule has 3 fully saturated rings. The summed E-state index contributed by atoms with van der Waals surface area (Å²) in [5.74, 6) is -0.920. The van der Waals surface area contributed by atoms with Crippen molar-refractivity contribution < 1.29 is 25.3 Å². The second kappa shape index (κ2) is 19.4. The Hall–Kier alpha value is -3.13. The fourth-order valence-electron chi connectivity index (χ4n) is 11.6. The lowest BCUT2D eigenvalue weighted by Crippen LogP contribution is -2.41. The molecule has 3 aromatic carbocycles. The molecule has 0 bridgehead atoms. The summed E-state index contributed by atoms with van der Waals surface area (Å²) in [6.45, 7) is 38.0. The Balaban J connectivity index is 1.45. The molecule has 0 spiro atoms. The third-order valence-electron chi connectivity index (χ3n) is 15.7. The zero-order chi connectivity index (χ0) is 51.3. The van der Waals surface area contributed by atoms with Crippen molar-refractivity contribution in [2.24, 2.45) is 11.8 Å². The van der Waals surface area contributed by atoms with Crippen LogP contribution in [0.1, 0.15) is 228 Å². The molecule has 9 nitrogen and oxygen atoms in total. The fraction of sp³-hybridized carbons (Fsp3) is 0.614. The van der Waals surface area contributed by atoms with Crippen molar-refractivity contribution in [2.45, 2.75) is 198 Å². The van der Waals surface area contributed by atoms with Gasteiger partial charge in [-0.1, -0.05) is 161 Å². The molecule has 3 aliphatic heterocycles. The monoisotopic (exact) mass is 1000 g/mol. The van der Waals surface area contributed by atoms with Crippen LogP contribution < -0.4 is 5.32 Å². The molecule has 1 aliphatic carbocycles. The van der Waals surface area contributed by atoms with Crippen molar-refractivity contribution in [2.75, 3.05) is 32.7 Å². The Labute approximate surface area is 418 Å². The number of benzene rings is 3. The molecule has 0 aromatic heterocycles. The lowest BCUT2D eigenvalue weighted by Gasteiger charge is -2.33. The Morgan fingerprint density at radius 2 is 0.739 bits per heavy atom. The molecule has 3 aromatic rings. The van der Waals surface area contributed by atoms with Gasteiger partial charge < -0.3 is 0 Å². The van der Waals surface area contributed by atoms with E-state index in [1.54, 1.807) is 8.61 Å². The minimum Gasteiger partial charge on any atom is -0.296 e. The largest absolute Gasteiger partial charge is 0.296 e. The van der Waals surface area contributed by atoms with Crippen LogP contribution >= 0.6 is 0 Å². The van der Waals surface area contributed by atoms with E-state index >= 15 is 25.3 Å². The van der Waals surface area contributed by atoms with Crippen molar-refractivity contribution in [3.8, 4) is 0 Å². The van der Waals surface area contributed by atoms with Crippen molar-refractivity contribution in [1.29, 1.82) is 0 Å². The van der Waals surface area contributed by atoms with Crippen molar-refractivity contribution in [1.82, 2.24) is 13.9 Å². The predicted molar refractivity (Wildman–Crippen MR) is 284 cm³/mol. The van der Waals surface area contributed by atoms with Crippen LogP contribution in [0.2, 0.25) is 0 Å². The minimum atomic E-state index is -4.15. The van der Waals surface area contributed by atoms with Crippen LogP contribution in [-0.2, 0) is 29.9 Å². The molecule has 12 heteroatoms. The number of rotatable bonds is 15. The van der Waals surface area contributed by atoms with Crippen LogP contribution in [0.3, 0.4) is 0 Å². The Kier molecular flexibility index (Phi) is 15.1. The van der Waals surface area contributed by atoms with Gasteiger partial charge in [0.05, 0.1) is 14.7 Å². The van der Waals surface area contributed by atoms with Gasteiger partial charge in [-0.05, 0) is 126 Å². The van der Waals surface area contributed by atoms with Crippen molar-refractivity contribution in [3.05, 3.63) is 109 Å². The number of hydrogen-bond donors (Lipinski definition) is 1. The quantitative estimate of drug-likeness (QED) is 0.161. The van der Waals surface area contributed by atoms with E-state index in [4.69, 9.17) is 0 Å². The van der Waals surface area contributed by atoms with Crippen molar-refractivity contribution >= 4 is 29.9 Å². The van der Waals surface area contributed by atoms with Gasteiger partial charge in [-0.3, -0.25) is 5.32 Å². The zero-order valence-electron chi connectivity index (χ0n) is 45.0. The van der Waals surface area contributed by atoms with E-state index in [2.05, 4.69) is 111 Å². The molecule has 0 amide bonds. The normalized spacial score (nSPS) is 20.8. The Bertz CT molecular complexity index is 2830. The highest BCUT2D eigenvalue weighted by Gasteiger charge is 2.56. The van der Waals surface area contributed by atoms with Gasteiger partial charge in [0.25, 0.3) is 0 Å². The topological polar surface area (TPSA) is 121 Å². The van der Waals surface area contributed by atoms with E-state index < -0.39 is 47.1 Å². The fourth-order valence-corrected chi connectivity index (χ4v) is 18.3. The number of sulfone groups is 1. The molecule has 69 heavy (non-hydrogen) atoms. The summed E-state index contributed by atoms with van der Waals surface area (Å²) in [7, 11) is -12.4. The van der Waals surface area contributed by atoms with Gasteiger partial charge in [0.1, 0.15) is 5.37 Å². The second-order valence-corrected chi connectivity index (χ2v) is 29.3. The highest BCUT2D eigenvalue weighted by molar-refractivity contribution is 7.92. The van der Waals surface area contributed by atoms with E-state index in [-0.39, 0.29) is 86.0 Å². The molecular weight excluding hydrogens is 919 g/mol.